The molecule has 0 radical (unpaired) electrons. The number of benzene rings is 3. The van der Waals surface area contributed by atoms with Gasteiger partial charge in [-0.25, -0.2) is 0 Å². The maximum atomic E-state index is 11.9. The van der Waals surface area contributed by atoms with E-state index in [1.54, 1.807) is 7.11 Å². The highest BCUT2D eigenvalue weighted by molar-refractivity contribution is 5.91. The fourth-order valence-electron chi connectivity index (χ4n) is 12.4. The van der Waals surface area contributed by atoms with Gasteiger partial charge >= 0.3 is 0 Å². The third kappa shape index (κ3) is 5.97. The molecule has 61 heavy (non-hydrogen) atoms. The number of methoxy groups -OCH3 is 1. The summed E-state index contributed by atoms with van der Waals surface area (Å²) in [6.07, 6.45) is 8.32. The molecule has 8 heterocycles. The minimum Gasteiger partial charge on any atom is -0.497 e. The van der Waals surface area contributed by atoms with E-state index in [0.29, 0.717) is 18.2 Å². The predicted molar refractivity (Wildman–Crippen MR) is 231 cm³/mol. The highest BCUT2D eigenvalue weighted by Crippen LogP contribution is 2.72. The van der Waals surface area contributed by atoms with Crippen LogP contribution in [0.15, 0.2) is 85.2 Å². The van der Waals surface area contributed by atoms with Crippen molar-refractivity contribution in [3.63, 3.8) is 0 Å². The van der Waals surface area contributed by atoms with E-state index >= 15 is 0 Å². The highest BCUT2D eigenvalue weighted by atomic mass is 16.5. The number of fused-ring (bicyclic) bond motifs is 7. The van der Waals surface area contributed by atoms with Crippen LogP contribution in [0.4, 0.5) is 0 Å². The van der Waals surface area contributed by atoms with Crippen LogP contribution in [0.1, 0.15) is 87.7 Å². The molecule has 316 valence electrons. The molecule has 1 spiro atoms. The van der Waals surface area contributed by atoms with Crippen molar-refractivity contribution in [3.05, 3.63) is 102 Å². The molecule has 3 aromatic carbocycles. The van der Waals surface area contributed by atoms with Gasteiger partial charge in [0.05, 0.1) is 58.8 Å². The monoisotopic (exact) mass is 822 g/mol. The van der Waals surface area contributed by atoms with E-state index in [2.05, 4.69) is 23.6 Å². The molecule has 3 N–H and O–H groups in total. The molecule has 6 aromatic rings. The second-order valence-corrected chi connectivity index (χ2v) is 18.3. The first kappa shape index (κ1) is 38.9. The van der Waals surface area contributed by atoms with Gasteiger partial charge in [0.25, 0.3) is 0 Å². The Hall–Kier alpha value is -4.98. The first-order valence-corrected chi connectivity index (χ1v) is 22.2. The number of aliphatic hydroxyl groups is 3. The third-order valence-corrected chi connectivity index (χ3v) is 15.7. The van der Waals surface area contributed by atoms with E-state index in [1.165, 1.54) is 0 Å². The molecule has 5 saturated heterocycles. The van der Waals surface area contributed by atoms with E-state index in [0.717, 1.165) is 113 Å². The molecule has 2 bridgehead atoms. The summed E-state index contributed by atoms with van der Waals surface area (Å²) in [5.41, 5.74) is 2.88. The van der Waals surface area contributed by atoms with Gasteiger partial charge in [0.2, 0.25) is 11.8 Å². The first-order valence-electron chi connectivity index (χ1n) is 22.2. The van der Waals surface area contributed by atoms with Crippen LogP contribution in [-0.2, 0) is 6.61 Å². The zero-order chi connectivity index (χ0) is 41.7. The molecule has 1 saturated carbocycles. The Morgan fingerprint density at radius 2 is 1.43 bits per heavy atom. The highest BCUT2D eigenvalue weighted by Gasteiger charge is 2.82. The molecular formula is C49H54N6O6. The molecule has 6 unspecified atom stereocenters. The summed E-state index contributed by atoms with van der Waals surface area (Å²) in [5, 5.41) is 46.8. The number of nitrogens with zero attached hydrogens (tertiary/aromatic N) is 6. The smallest absolute Gasteiger partial charge is 0.242 e. The Morgan fingerprint density at radius 1 is 0.754 bits per heavy atom. The second kappa shape index (κ2) is 14.6. The largest absolute Gasteiger partial charge is 0.497 e. The lowest BCUT2D eigenvalue weighted by Gasteiger charge is -2.51. The average molecular weight is 823 g/mol. The lowest BCUT2D eigenvalue weighted by Crippen LogP contribution is -2.60. The lowest BCUT2D eigenvalue weighted by atomic mass is 9.57. The number of aromatic nitrogens is 4. The molecule has 5 aliphatic heterocycles. The van der Waals surface area contributed by atoms with E-state index < -0.39 is 23.4 Å². The zero-order valence-electron chi connectivity index (χ0n) is 35.1. The number of hydrogen-bond donors (Lipinski definition) is 3. The van der Waals surface area contributed by atoms with Crippen molar-refractivity contribution < 1.29 is 29.5 Å². The minimum absolute atomic E-state index is 0.0146. The number of hydrogen-bond acceptors (Lipinski definition) is 12. The predicted octanol–water partition coefficient (Wildman–Crippen LogP) is 7.08. The summed E-state index contributed by atoms with van der Waals surface area (Å²) in [5.74, 6) is 1.86. The normalized spacial score (nSPS) is 32.2. The Morgan fingerprint density at radius 3 is 2.11 bits per heavy atom. The topological polar surface area (TPSA) is 146 Å². The summed E-state index contributed by atoms with van der Waals surface area (Å²) in [6, 6.07) is 23.9. The van der Waals surface area contributed by atoms with Gasteiger partial charge in [-0.15, -0.1) is 10.2 Å². The molecule has 12 nitrogen and oxygen atoms in total. The summed E-state index contributed by atoms with van der Waals surface area (Å²) >= 11 is 0. The quantitative estimate of drug-likeness (QED) is 0.109. The van der Waals surface area contributed by atoms with Gasteiger partial charge in [-0.1, -0.05) is 32.0 Å². The van der Waals surface area contributed by atoms with Crippen molar-refractivity contribution in [1.29, 1.82) is 0 Å². The van der Waals surface area contributed by atoms with Gasteiger partial charge in [-0.3, -0.25) is 19.8 Å². The number of rotatable bonds is 12. The van der Waals surface area contributed by atoms with Crippen LogP contribution < -0.4 is 14.2 Å². The molecule has 3 aromatic heterocycles. The Bertz CT molecular complexity index is 2660. The molecule has 11 atom stereocenters. The van der Waals surface area contributed by atoms with Crippen LogP contribution in [0.2, 0.25) is 0 Å². The van der Waals surface area contributed by atoms with Crippen molar-refractivity contribution in [1.82, 2.24) is 30.0 Å². The van der Waals surface area contributed by atoms with Crippen LogP contribution in [-0.4, -0.2) is 101 Å². The van der Waals surface area contributed by atoms with Gasteiger partial charge in [-0.2, -0.15) is 0 Å². The van der Waals surface area contributed by atoms with Crippen LogP contribution in [0.5, 0.6) is 17.5 Å². The van der Waals surface area contributed by atoms with Crippen LogP contribution >= 0.6 is 0 Å². The number of ether oxygens (including phenoxy) is 3. The SMILES string of the molecule is CCC1(O)CCN2CCC1C[C@@H]2[C@@H](Oc1nnc(O[C@H](c2ccnc3ccc(CO)cc23)[C@@H]2N3CC[C@H]4C(O)(CC)CC243)c2ccccc12)c1ccnc2ccc(OC)cc12. The maximum absolute atomic E-state index is 11.9. The molecule has 12 rings (SSSR count). The Labute approximate surface area is 355 Å². The summed E-state index contributed by atoms with van der Waals surface area (Å²) in [4.78, 5) is 14.4. The standard InChI is InChI=1S/C49H54N6O6/c1-4-47(57)18-23-54-21-16-30(47)25-40(54)42(32-14-19-51-39-13-11-31(59-3)26-37(32)39)60-45-34-8-6-7-9-35(34)46(53-52-45)61-43(33-15-20-50-38-12-10-29(27-56)24-36(33)38)44-49-28-48(58,5-2)41(49)17-22-55(44)49/h6-15,19-20,24,26,30,40-44,56-58H,4-5,16-18,21-23,25,27-28H2,1-3H3/t30?,40-,41+,42+,43-,44+,47?,48?,49?,55?/m1/s1. The average Bonchev–Trinajstić information content (AvgIpc) is 3.91. The number of piperidine rings is 2. The van der Waals surface area contributed by atoms with Gasteiger partial charge in [0.1, 0.15) is 18.0 Å². The van der Waals surface area contributed by atoms with Gasteiger partial charge < -0.3 is 29.5 Å². The van der Waals surface area contributed by atoms with Gasteiger partial charge in [-0.05, 0) is 124 Å². The maximum Gasteiger partial charge on any atom is 0.242 e. The van der Waals surface area contributed by atoms with Crippen molar-refractivity contribution in [2.24, 2.45) is 11.8 Å². The van der Waals surface area contributed by atoms with Crippen molar-refractivity contribution in [3.8, 4) is 17.5 Å². The summed E-state index contributed by atoms with van der Waals surface area (Å²) < 4.78 is 20.2. The number of pyridine rings is 2. The molecule has 6 aliphatic rings. The molecule has 6 fully saturated rings. The fraction of sp³-hybridized carbons (Fsp3) is 0.469. The first-order chi connectivity index (χ1) is 29.7. The van der Waals surface area contributed by atoms with Crippen molar-refractivity contribution in [2.45, 2.75) is 106 Å². The minimum atomic E-state index is -0.718. The van der Waals surface area contributed by atoms with Gasteiger partial charge in [0.15, 0.2) is 0 Å². The summed E-state index contributed by atoms with van der Waals surface area (Å²) in [7, 11) is 1.67. The molecule has 0 amide bonds. The Balaban J connectivity index is 1.01. The van der Waals surface area contributed by atoms with Crippen molar-refractivity contribution >= 4 is 32.6 Å². The van der Waals surface area contributed by atoms with E-state index in [4.69, 9.17) is 34.4 Å². The van der Waals surface area contributed by atoms with Crippen LogP contribution in [0, 0.1) is 11.8 Å². The summed E-state index contributed by atoms with van der Waals surface area (Å²) in [6.45, 7) is 6.65. The van der Waals surface area contributed by atoms with Gasteiger partial charge in [0, 0.05) is 52.3 Å². The molecule has 1 aliphatic carbocycles. The van der Waals surface area contributed by atoms with Crippen LogP contribution in [0.25, 0.3) is 32.6 Å². The van der Waals surface area contributed by atoms with Crippen molar-refractivity contribution in [2.75, 3.05) is 26.7 Å². The lowest BCUT2D eigenvalue weighted by molar-refractivity contribution is -0.124. The van der Waals surface area contributed by atoms with E-state index in [-0.39, 0.29) is 36.1 Å². The van der Waals surface area contributed by atoms with Crippen LogP contribution in [0.3, 0.4) is 0 Å². The Kier molecular flexibility index (Phi) is 9.29. The van der Waals surface area contributed by atoms with E-state index in [9.17, 15) is 15.3 Å². The molecular weight excluding hydrogens is 769 g/mol. The van der Waals surface area contributed by atoms with E-state index in [1.807, 2.05) is 85.2 Å². The molecule has 12 heteroatoms. The number of aliphatic hydroxyl groups excluding tert-OH is 1. The second-order valence-electron chi connectivity index (χ2n) is 18.3. The zero-order valence-corrected chi connectivity index (χ0v) is 35.1. The third-order valence-electron chi connectivity index (χ3n) is 15.7. The fourth-order valence-corrected chi connectivity index (χ4v) is 12.4.